The van der Waals surface area contributed by atoms with Gasteiger partial charge < -0.3 is 10.4 Å². The first-order valence-corrected chi connectivity index (χ1v) is 7.04. The summed E-state index contributed by atoms with van der Waals surface area (Å²) in [6.45, 7) is 2.57. The molecule has 0 unspecified atom stereocenters. The van der Waals surface area contributed by atoms with E-state index in [1.165, 1.54) is 5.56 Å². The molecule has 1 aliphatic carbocycles. The number of carbonyl (C=O) groups excluding carboxylic acids is 1. The van der Waals surface area contributed by atoms with Crippen molar-refractivity contribution in [2.24, 2.45) is 11.8 Å². The summed E-state index contributed by atoms with van der Waals surface area (Å²) in [5.74, 6) is -1.27. The van der Waals surface area contributed by atoms with Crippen molar-refractivity contribution in [2.45, 2.75) is 32.7 Å². The molecule has 1 saturated carbocycles. The summed E-state index contributed by atoms with van der Waals surface area (Å²) < 4.78 is 0. The highest BCUT2D eigenvalue weighted by Gasteiger charge is 2.33. The lowest BCUT2D eigenvalue weighted by Gasteiger charge is -2.10. The average Bonchev–Trinajstić information content (AvgIpc) is 2.94. The zero-order chi connectivity index (χ0) is 13.1. The first kappa shape index (κ1) is 13.1. The van der Waals surface area contributed by atoms with Crippen molar-refractivity contribution < 1.29 is 14.7 Å². The molecule has 0 aromatic carbocycles. The van der Waals surface area contributed by atoms with Gasteiger partial charge in [-0.25, -0.2) is 0 Å². The van der Waals surface area contributed by atoms with Crippen LogP contribution >= 0.6 is 11.3 Å². The standard InChI is InChI=1S/C13H17NO3S/c1-8-6-18-7-11(8)5-14-12(15)9-2-3-10(4-9)13(16)17/h6-7,9-10H,2-5H2,1H3,(H,14,15)(H,16,17)/t9-,10+/m1/s1. The summed E-state index contributed by atoms with van der Waals surface area (Å²) in [4.78, 5) is 22.7. The van der Waals surface area contributed by atoms with Crippen LogP contribution in [-0.2, 0) is 16.1 Å². The van der Waals surface area contributed by atoms with Crippen LogP contribution in [0, 0.1) is 18.8 Å². The Balaban J connectivity index is 1.83. The second-order valence-corrected chi connectivity index (χ2v) is 5.59. The number of amides is 1. The molecule has 0 aliphatic heterocycles. The van der Waals surface area contributed by atoms with Gasteiger partial charge in [0.15, 0.2) is 0 Å². The number of hydrogen-bond donors (Lipinski definition) is 2. The SMILES string of the molecule is Cc1cscc1CNC(=O)[C@@H]1CC[C@H](C(=O)O)C1. The van der Waals surface area contributed by atoms with E-state index in [0.717, 1.165) is 5.56 Å². The Morgan fingerprint density at radius 3 is 2.67 bits per heavy atom. The van der Waals surface area contributed by atoms with Crippen molar-refractivity contribution in [3.8, 4) is 0 Å². The summed E-state index contributed by atoms with van der Waals surface area (Å²) in [5, 5.41) is 15.9. The summed E-state index contributed by atoms with van der Waals surface area (Å²) in [7, 11) is 0. The molecular weight excluding hydrogens is 250 g/mol. The fourth-order valence-corrected chi connectivity index (χ4v) is 3.20. The predicted molar refractivity (Wildman–Crippen MR) is 69.4 cm³/mol. The third-order valence-corrected chi connectivity index (χ3v) is 4.48. The molecule has 1 aromatic heterocycles. The lowest BCUT2D eigenvalue weighted by molar-refractivity contribution is -0.141. The van der Waals surface area contributed by atoms with Crippen molar-refractivity contribution in [2.75, 3.05) is 0 Å². The largest absolute Gasteiger partial charge is 0.481 e. The van der Waals surface area contributed by atoms with E-state index in [9.17, 15) is 9.59 Å². The number of nitrogens with one attached hydrogen (secondary N) is 1. The smallest absolute Gasteiger partial charge is 0.306 e. The number of carboxylic acid groups (broad SMARTS) is 1. The number of hydrogen-bond acceptors (Lipinski definition) is 3. The third kappa shape index (κ3) is 2.90. The highest BCUT2D eigenvalue weighted by molar-refractivity contribution is 7.08. The molecule has 18 heavy (non-hydrogen) atoms. The number of rotatable bonds is 4. The van der Waals surface area contributed by atoms with Crippen LogP contribution in [0.1, 0.15) is 30.4 Å². The van der Waals surface area contributed by atoms with E-state index < -0.39 is 5.97 Å². The zero-order valence-electron chi connectivity index (χ0n) is 10.3. The molecule has 0 bridgehead atoms. The summed E-state index contributed by atoms with van der Waals surface area (Å²) in [5.41, 5.74) is 2.33. The van der Waals surface area contributed by atoms with Crippen LogP contribution in [0.5, 0.6) is 0 Å². The second-order valence-electron chi connectivity index (χ2n) is 4.84. The zero-order valence-corrected chi connectivity index (χ0v) is 11.1. The third-order valence-electron chi connectivity index (χ3n) is 3.57. The molecule has 1 aliphatic rings. The van der Waals surface area contributed by atoms with Crippen molar-refractivity contribution in [1.29, 1.82) is 0 Å². The van der Waals surface area contributed by atoms with Crippen molar-refractivity contribution >= 4 is 23.2 Å². The van der Waals surface area contributed by atoms with Crippen LogP contribution in [0.15, 0.2) is 10.8 Å². The molecule has 0 spiro atoms. The van der Waals surface area contributed by atoms with E-state index in [-0.39, 0.29) is 17.7 Å². The highest BCUT2D eigenvalue weighted by atomic mass is 32.1. The van der Waals surface area contributed by atoms with Crippen LogP contribution in [0.2, 0.25) is 0 Å². The van der Waals surface area contributed by atoms with E-state index in [1.807, 2.05) is 12.3 Å². The van der Waals surface area contributed by atoms with Gasteiger partial charge in [-0.05, 0) is 48.1 Å². The minimum absolute atomic E-state index is 0.00986. The summed E-state index contributed by atoms with van der Waals surface area (Å²) in [6.07, 6.45) is 1.78. The van der Waals surface area contributed by atoms with Crippen LogP contribution in [0.4, 0.5) is 0 Å². The van der Waals surface area contributed by atoms with Crippen LogP contribution in [0.3, 0.4) is 0 Å². The van der Waals surface area contributed by atoms with Crippen LogP contribution in [0.25, 0.3) is 0 Å². The maximum absolute atomic E-state index is 11.9. The van der Waals surface area contributed by atoms with Gasteiger partial charge in [0.1, 0.15) is 0 Å². The molecular formula is C13H17NO3S. The molecule has 4 nitrogen and oxygen atoms in total. The van der Waals surface area contributed by atoms with Gasteiger partial charge in [0.2, 0.25) is 5.91 Å². The number of carboxylic acids is 1. The van der Waals surface area contributed by atoms with Crippen molar-refractivity contribution in [3.05, 3.63) is 21.9 Å². The Morgan fingerprint density at radius 2 is 2.11 bits per heavy atom. The quantitative estimate of drug-likeness (QED) is 0.878. The molecule has 0 radical (unpaired) electrons. The highest BCUT2D eigenvalue weighted by Crippen LogP contribution is 2.31. The fourth-order valence-electron chi connectivity index (χ4n) is 2.34. The number of aryl methyl sites for hydroxylation is 1. The Labute approximate surface area is 110 Å². The van der Waals surface area contributed by atoms with E-state index in [4.69, 9.17) is 5.11 Å². The molecule has 2 rings (SSSR count). The fraction of sp³-hybridized carbons (Fsp3) is 0.538. The first-order valence-electron chi connectivity index (χ1n) is 6.10. The van der Waals surface area contributed by atoms with Gasteiger partial charge >= 0.3 is 5.97 Å². The van der Waals surface area contributed by atoms with Crippen molar-refractivity contribution in [3.63, 3.8) is 0 Å². The molecule has 1 heterocycles. The second kappa shape index (κ2) is 5.52. The van der Waals surface area contributed by atoms with Gasteiger partial charge in [0.05, 0.1) is 5.92 Å². The first-order chi connectivity index (χ1) is 8.58. The van der Waals surface area contributed by atoms with Crippen LogP contribution in [-0.4, -0.2) is 17.0 Å². The monoisotopic (exact) mass is 267 g/mol. The molecule has 0 saturated heterocycles. The summed E-state index contributed by atoms with van der Waals surface area (Å²) in [6, 6.07) is 0. The molecule has 2 atom stereocenters. The molecule has 5 heteroatoms. The lowest BCUT2D eigenvalue weighted by Crippen LogP contribution is -2.29. The Hall–Kier alpha value is -1.36. The molecule has 1 aromatic rings. The van der Waals surface area contributed by atoms with Gasteiger partial charge in [0, 0.05) is 12.5 Å². The number of aliphatic carboxylic acids is 1. The van der Waals surface area contributed by atoms with E-state index in [0.29, 0.717) is 25.8 Å². The van der Waals surface area contributed by atoms with Gasteiger partial charge in [0.25, 0.3) is 0 Å². The van der Waals surface area contributed by atoms with Gasteiger partial charge in [-0.2, -0.15) is 11.3 Å². The normalized spacial score (nSPS) is 22.9. The van der Waals surface area contributed by atoms with Gasteiger partial charge in [-0.3, -0.25) is 9.59 Å². The molecule has 1 fully saturated rings. The van der Waals surface area contributed by atoms with E-state index in [2.05, 4.69) is 10.7 Å². The van der Waals surface area contributed by atoms with Gasteiger partial charge in [-0.15, -0.1) is 0 Å². The molecule has 98 valence electrons. The molecule has 1 amide bonds. The van der Waals surface area contributed by atoms with Crippen LogP contribution < -0.4 is 5.32 Å². The van der Waals surface area contributed by atoms with E-state index >= 15 is 0 Å². The minimum Gasteiger partial charge on any atom is -0.481 e. The Bertz CT molecular complexity index is 455. The predicted octanol–water partition coefficient (Wildman–Crippen LogP) is 2.17. The average molecular weight is 267 g/mol. The Morgan fingerprint density at radius 1 is 1.39 bits per heavy atom. The van der Waals surface area contributed by atoms with Gasteiger partial charge in [-0.1, -0.05) is 0 Å². The topological polar surface area (TPSA) is 66.4 Å². The number of thiophene rings is 1. The maximum atomic E-state index is 11.9. The minimum atomic E-state index is -0.779. The van der Waals surface area contributed by atoms with Crippen molar-refractivity contribution in [1.82, 2.24) is 5.32 Å². The number of carbonyl (C=O) groups is 2. The van der Waals surface area contributed by atoms with E-state index in [1.54, 1.807) is 11.3 Å². The molecule has 2 N–H and O–H groups in total. The summed E-state index contributed by atoms with van der Waals surface area (Å²) >= 11 is 1.63. The maximum Gasteiger partial charge on any atom is 0.306 e. The lowest BCUT2D eigenvalue weighted by atomic mass is 10.0. The Kier molecular flexibility index (Phi) is 4.01.